The van der Waals surface area contributed by atoms with Crippen LogP contribution < -0.4 is 0 Å². The molecule has 0 N–H and O–H groups in total. The molecule has 0 atom stereocenters. The van der Waals surface area contributed by atoms with Crippen molar-refractivity contribution in [3.05, 3.63) is 170 Å². The highest BCUT2D eigenvalue weighted by molar-refractivity contribution is 7.26. The van der Waals surface area contributed by atoms with E-state index in [4.69, 9.17) is 4.42 Å². The maximum Gasteiger partial charge on any atom is 0.248 e. The van der Waals surface area contributed by atoms with Gasteiger partial charge >= 0.3 is 0 Å². The van der Waals surface area contributed by atoms with Crippen molar-refractivity contribution in [3.63, 3.8) is 0 Å². The number of thiophene rings is 1. The van der Waals surface area contributed by atoms with E-state index in [0.717, 1.165) is 16.7 Å². The fourth-order valence-corrected chi connectivity index (χ4v) is 8.21. The van der Waals surface area contributed by atoms with Crippen molar-refractivity contribution >= 4 is 53.1 Å². The summed E-state index contributed by atoms with van der Waals surface area (Å²) in [6, 6.07) is 60.6. The van der Waals surface area contributed by atoms with Crippen molar-refractivity contribution in [1.29, 1.82) is 0 Å². The zero-order chi connectivity index (χ0) is 33.0. The Kier molecular flexibility index (Phi) is 6.68. The van der Waals surface area contributed by atoms with Crippen LogP contribution in [-0.4, -0.2) is 10.2 Å². The van der Waals surface area contributed by atoms with Gasteiger partial charge in [0.25, 0.3) is 0 Å². The summed E-state index contributed by atoms with van der Waals surface area (Å²) >= 11 is 1.86. The topological polar surface area (TPSA) is 38.9 Å². The van der Waals surface area contributed by atoms with E-state index in [2.05, 4.69) is 150 Å². The van der Waals surface area contributed by atoms with Gasteiger partial charge in [-0.1, -0.05) is 109 Å². The second-order valence-corrected chi connectivity index (χ2v) is 13.7. The maximum absolute atomic E-state index is 6.07. The first-order valence-electron chi connectivity index (χ1n) is 16.7. The molecule has 0 fully saturated rings. The van der Waals surface area contributed by atoms with Crippen LogP contribution in [0.25, 0.3) is 98.0 Å². The third kappa shape index (κ3) is 4.97. The van der Waals surface area contributed by atoms with Crippen LogP contribution >= 0.6 is 11.3 Å². The molecule has 0 aliphatic carbocycles. The summed E-state index contributed by atoms with van der Waals surface area (Å²) in [5.41, 5.74) is 9.00. The van der Waals surface area contributed by atoms with Gasteiger partial charge in [-0.05, 0) is 110 Å². The fraction of sp³-hybridized carbons (Fsp3) is 0. The maximum atomic E-state index is 6.07. The van der Waals surface area contributed by atoms with E-state index < -0.39 is 0 Å². The van der Waals surface area contributed by atoms with Crippen LogP contribution in [-0.2, 0) is 0 Å². The van der Waals surface area contributed by atoms with Crippen LogP contribution in [0.2, 0.25) is 0 Å². The number of hydrogen-bond acceptors (Lipinski definition) is 4. The average Bonchev–Trinajstić information content (AvgIpc) is 3.83. The van der Waals surface area contributed by atoms with Gasteiger partial charge in [0, 0.05) is 36.9 Å². The van der Waals surface area contributed by atoms with Gasteiger partial charge in [-0.15, -0.1) is 21.5 Å². The summed E-state index contributed by atoms with van der Waals surface area (Å²) in [4.78, 5) is 0. The van der Waals surface area contributed by atoms with E-state index in [-0.39, 0.29) is 0 Å². The Bertz CT molecular complexity index is 2870. The molecule has 0 radical (unpaired) electrons. The molecule has 0 unspecified atom stereocenters. The van der Waals surface area contributed by atoms with E-state index in [1.165, 1.54) is 69.5 Å². The third-order valence-corrected chi connectivity index (χ3v) is 10.8. The molecular weight excluding hydrogens is 629 g/mol. The van der Waals surface area contributed by atoms with Crippen molar-refractivity contribution in [3.8, 4) is 56.3 Å². The lowest BCUT2D eigenvalue weighted by Gasteiger charge is -2.11. The smallest absolute Gasteiger partial charge is 0.248 e. The van der Waals surface area contributed by atoms with Gasteiger partial charge in [-0.3, -0.25) is 0 Å². The Balaban J connectivity index is 1.12. The minimum absolute atomic E-state index is 0.508. The Morgan fingerprint density at radius 1 is 0.360 bits per heavy atom. The largest absolute Gasteiger partial charge is 0.416 e. The number of nitrogens with zero attached hydrogens (tertiary/aromatic N) is 2. The second-order valence-electron chi connectivity index (χ2n) is 12.7. The van der Waals surface area contributed by atoms with Gasteiger partial charge in [0.2, 0.25) is 11.8 Å². The van der Waals surface area contributed by atoms with Crippen molar-refractivity contribution in [2.24, 2.45) is 0 Å². The van der Waals surface area contributed by atoms with Crippen LogP contribution in [0.1, 0.15) is 0 Å². The minimum atomic E-state index is 0.508. The molecule has 0 aliphatic heterocycles. The standard InChI is InChI=1S/C46H28N2OS/c1-2-10-32(11-3-1)45-47-48-46(49-45)33-18-16-31(17-19-33)40-27-39(37-21-15-30-9-5-7-13-35(30)25-37)28-42-41-26-38(22-23-43(41)50-44(40)42)36-20-14-29-8-4-6-12-34(29)24-36/h1-28H. The monoisotopic (exact) mass is 656 g/mol. The molecule has 2 heterocycles. The summed E-state index contributed by atoms with van der Waals surface area (Å²) in [7, 11) is 0. The Labute approximate surface area is 292 Å². The molecule has 2 aromatic heterocycles. The van der Waals surface area contributed by atoms with E-state index in [1.807, 2.05) is 41.7 Å². The molecule has 234 valence electrons. The van der Waals surface area contributed by atoms with E-state index in [1.54, 1.807) is 0 Å². The first kappa shape index (κ1) is 28.6. The lowest BCUT2D eigenvalue weighted by molar-refractivity contribution is 0.584. The average molecular weight is 657 g/mol. The van der Waals surface area contributed by atoms with Gasteiger partial charge < -0.3 is 4.42 Å². The highest BCUT2D eigenvalue weighted by Crippen LogP contribution is 2.44. The lowest BCUT2D eigenvalue weighted by Crippen LogP contribution is -1.85. The summed E-state index contributed by atoms with van der Waals surface area (Å²) in [5.74, 6) is 1.02. The SMILES string of the molecule is c1ccc(-c2nnc(-c3ccc(-c4cc(-c5ccc6ccccc6c5)cc5c4sc4ccc(-c6ccc7ccccc7c6)cc45)cc3)o2)cc1. The zero-order valence-electron chi connectivity index (χ0n) is 26.9. The molecule has 10 rings (SSSR count). The van der Waals surface area contributed by atoms with Crippen LogP contribution in [0.15, 0.2) is 174 Å². The van der Waals surface area contributed by atoms with Crippen LogP contribution in [0.4, 0.5) is 0 Å². The van der Waals surface area contributed by atoms with Gasteiger partial charge in [0.1, 0.15) is 0 Å². The first-order valence-corrected chi connectivity index (χ1v) is 17.5. The second kappa shape index (κ2) is 11.7. The lowest BCUT2D eigenvalue weighted by atomic mass is 9.94. The minimum Gasteiger partial charge on any atom is -0.416 e. The molecule has 0 spiro atoms. The van der Waals surface area contributed by atoms with E-state index in [9.17, 15) is 0 Å². The number of fused-ring (bicyclic) bond motifs is 5. The Morgan fingerprint density at radius 3 is 1.54 bits per heavy atom. The molecule has 8 aromatic carbocycles. The zero-order valence-corrected chi connectivity index (χ0v) is 27.7. The number of hydrogen-bond donors (Lipinski definition) is 0. The summed E-state index contributed by atoms with van der Waals surface area (Å²) in [6.07, 6.45) is 0. The molecule has 3 nitrogen and oxygen atoms in total. The van der Waals surface area contributed by atoms with E-state index >= 15 is 0 Å². The molecule has 0 amide bonds. The molecule has 0 saturated heterocycles. The third-order valence-electron chi connectivity index (χ3n) is 9.62. The van der Waals surface area contributed by atoms with E-state index in [0.29, 0.717) is 11.8 Å². The molecule has 4 heteroatoms. The van der Waals surface area contributed by atoms with Crippen molar-refractivity contribution < 1.29 is 4.42 Å². The van der Waals surface area contributed by atoms with Gasteiger partial charge in [0.15, 0.2) is 0 Å². The highest BCUT2D eigenvalue weighted by atomic mass is 32.1. The normalized spacial score (nSPS) is 11.6. The molecule has 0 bridgehead atoms. The highest BCUT2D eigenvalue weighted by Gasteiger charge is 2.16. The van der Waals surface area contributed by atoms with Crippen LogP contribution in [0.3, 0.4) is 0 Å². The fourth-order valence-electron chi connectivity index (χ4n) is 7.01. The number of benzene rings is 8. The molecule has 50 heavy (non-hydrogen) atoms. The van der Waals surface area contributed by atoms with Crippen molar-refractivity contribution in [2.75, 3.05) is 0 Å². The van der Waals surface area contributed by atoms with Crippen LogP contribution in [0, 0.1) is 0 Å². The molecule has 10 aromatic rings. The molecule has 0 saturated carbocycles. The Morgan fingerprint density at radius 2 is 0.860 bits per heavy atom. The Hall–Kier alpha value is -6.36. The number of rotatable bonds is 5. The summed E-state index contributed by atoms with van der Waals surface area (Å²) < 4.78 is 8.63. The molecule has 0 aliphatic rings. The summed E-state index contributed by atoms with van der Waals surface area (Å²) in [5, 5.41) is 16.2. The van der Waals surface area contributed by atoms with Crippen molar-refractivity contribution in [2.45, 2.75) is 0 Å². The molecular formula is C46H28N2OS. The summed E-state index contributed by atoms with van der Waals surface area (Å²) in [6.45, 7) is 0. The van der Waals surface area contributed by atoms with Gasteiger partial charge in [-0.25, -0.2) is 0 Å². The predicted molar refractivity (Wildman–Crippen MR) is 209 cm³/mol. The van der Waals surface area contributed by atoms with Gasteiger partial charge in [-0.2, -0.15) is 0 Å². The van der Waals surface area contributed by atoms with Crippen molar-refractivity contribution in [1.82, 2.24) is 10.2 Å². The first-order chi connectivity index (χ1) is 24.7. The quantitative estimate of drug-likeness (QED) is 0.185. The van der Waals surface area contributed by atoms with Gasteiger partial charge in [0.05, 0.1) is 0 Å². The van der Waals surface area contributed by atoms with Crippen LogP contribution in [0.5, 0.6) is 0 Å². The number of aromatic nitrogens is 2. The predicted octanol–water partition coefficient (Wildman–Crippen LogP) is 13.1.